The Bertz CT molecular complexity index is 1220. The second kappa shape index (κ2) is 9.75. The number of fused-ring (bicyclic) bond motifs is 2. The van der Waals surface area contributed by atoms with Crippen molar-refractivity contribution in [3.63, 3.8) is 0 Å². The maximum Gasteiger partial charge on any atom is 0.0620 e. The molecule has 0 N–H and O–H groups in total. The average molecular weight is 597 g/mol. The van der Waals surface area contributed by atoms with E-state index in [2.05, 4.69) is 44.2 Å². The van der Waals surface area contributed by atoms with Crippen LogP contribution in [0.15, 0.2) is 97.3 Å². The Morgan fingerprint density at radius 3 is 2.10 bits per heavy atom. The molecule has 0 aliphatic carbocycles. The van der Waals surface area contributed by atoms with E-state index in [0.717, 1.165) is 27.3 Å². The molecular weight excluding hydrogens is 581 g/mol. The summed E-state index contributed by atoms with van der Waals surface area (Å²) < 4.78 is 1.26. The molecule has 31 heavy (non-hydrogen) atoms. The van der Waals surface area contributed by atoms with Crippen LogP contribution < -0.4 is 4.98 Å². The topological polar surface area (TPSA) is 52.8 Å². The SMILES string of the molecule is [Ir].[c-]1c(-c2ccccn2)sc2ccccc12.c1ccc(-c2nc3ccccc3[n-]2)nc1. The van der Waals surface area contributed by atoms with Crippen LogP contribution in [0.1, 0.15) is 0 Å². The van der Waals surface area contributed by atoms with E-state index in [1.54, 1.807) is 17.5 Å². The van der Waals surface area contributed by atoms with E-state index >= 15 is 0 Å². The third kappa shape index (κ3) is 4.78. The van der Waals surface area contributed by atoms with E-state index in [9.17, 15) is 0 Å². The summed E-state index contributed by atoms with van der Waals surface area (Å²) in [5.74, 6) is 0.691. The Hall–Kier alpha value is -3.18. The molecule has 4 heterocycles. The first-order chi connectivity index (χ1) is 14.9. The fraction of sp³-hybridized carbons (Fsp3) is 0. The summed E-state index contributed by atoms with van der Waals surface area (Å²) in [4.78, 5) is 18.5. The number of thiophene rings is 1. The molecule has 0 spiro atoms. The van der Waals surface area contributed by atoms with Gasteiger partial charge in [0.1, 0.15) is 0 Å². The van der Waals surface area contributed by atoms with Crippen molar-refractivity contribution in [2.24, 2.45) is 0 Å². The Kier molecular flexibility index (Phi) is 6.63. The molecule has 0 fully saturated rings. The number of para-hydroxylation sites is 2. The molecule has 0 bridgehead atoms. The van der Waals surface area contributed by atoms with Gasteiger partial charge in [0.15, 0.2) is 0 Å². The van der Waals surface area contributed by atoms with Crippen LogP contribution in [0.4, 0.5) is 0 Å². The van der Waals surface area contributed by atoms with Gasteiger partial charge in [0.05, 0.1) is 5.69 Å². The smallest absolute Gasteiger partial charge is 0.0620 e. The number of hydrogen-bond donors (Lipinski definition) is 0. The zero-order valence-corrected chi connectivity index (χ0v) is 19.5. The first-order valence-corrected chi connectivity index (χ1v) is 10.3. The predicted molar refractivity (Wildman–Crippen MR) is 122 cm³/mol. The van der Waals surface area contributed by atoms with Crippen molar-refractivity contribution in [1.29, 1.82) is 0 Å². The van der Waals surface area contributed by atoms with Gasteiger partial charge in [-0.15, -0.1) is 23.6 Å². The number of benzene rings is 2. The molecule has 6 aromatic rings. The molecule has 2 aromatic carbocycles. The molecule has 0 saturated carbocycles. The van der Waals surface area contributed by atoms with Crippen LogP contribution in [-0.4, -0.2) is 15.0 Å². The van der Waals surface area contributed by atoms with Gasteiger partial charge in [0.25, 0.3) is 0 Å². The van der Waals surface area contributed by atoms with Gasteiger partial charge < -0.3 is 15.0 Å². The van der Waals surface area contributed by atoms with Crippen molar-refractivity contribution in [3.8, 4) is 22.1 Å². The van der Waals surface area contributed by atoms with Gasteiger partial charge in [0, 0.05) is 38.2 Å². The summed E-state index contributed by atoms with van der Waals surface area (Å²) in [5, 5.41) is 1.17. The summed E-state index contributed by atoms with van der Waals surface area (Å²) in [6.45, 7) is 0. The molecule has 1 radical (unpaired) electrons. The standard InChI is InChI=1S/C13H8NS.C12H8N3.Ir/c1-2-7-12-10(5-1)9-13(15-12)11-6-3-4-8-14-11;1-2-6-10-9(5-1)14-12(15-10)11-7-3-4-8-13-11;/h2*1-8H;/q2*-1;. The molecule has 0 aliphatic heterocycles. The third-order valence-electron chi connectivity index (χ3n) is 4.47. The molecule has 0 aliphatic rings. The summed E-state index contributed by atoms with van der Waals surface area (Å²) >= 11 is 1.73. The fourth-order valence-electron chi connectivity index (χ4n) is 3.05. The van der Waals surface area contributed by atoms with Crippen LogP contribution in [0.3, 0.4) is 0 Å². The van der Waals surface area contributed by atoms with Gasteiger partial charge in [-0.25, -0.2) is 11.3 Å². The summed E-state index contributed by atoms with van der Waals surface area (Å²) in [6.07, 6.45) is 3.56. The van der Waals surface area contributed by atoms with E-state index in [-0.39, 0.29) is 20.1 Å². The second-order valence-corrected chi connectivity index (χ2v) is 7.57. The van der Waals surface area contributed by atoms with E-state index in [4.69, 9.17) is 0 Å². The third-order valence-corrected chi connectivity index (χ3v) is 5.56. The molecule has 0 unspecified atom stereocenters. The largest absolute Gasteiger partial charge is 0.434 e. The van der Waals surface area contributed by atoms with Crippen LogP contribution in [0.5, 0.6) is 0 Å². The first-order valence-electron chi connectivity index (χ1n) is 9.50. The molecule has 0 atom stereocenters. The van der Waals surface area contributed by atoms with Gasteiger partial charge in [0.2, 0.25) is 0 Å². The number of nitrogens with zero attached hydrogens (tertiary/aromatic N) is 4. The molecule has 6 rings (SSSR count). The Morgan fingerprint density at radius 1 is 0.710 bits per heavy atom. The number of hydrogen-bond acceptors (Lipinski definition) is 4. The van der Waals surface area contributed by atoms with Gasteiger partial charge in [-0.3, -0.25) is 4.98 Å². The zero-order chi connectivity index (χ0) is 20.2. The number of rotatable bonds is 2. The van der Waals surface area contributed by atoms with Gasteiger partial charge >= 0.3 is 0 Å². The van der Waals surface area contributed by atoms with E-state index in [1.165, 1.54) is 10.1 Å². The fourth-order valence-corrected chi connectivity index (χ4v) is 4.03. The van der Waals surface area contributed by atoms with Crippen LogP contribution in [0, 0.1) is 6.07 Å². The van der Waals surface area contributed by atoms with Gasteiger partial charge in [-0.1, -0.05) is 54.6 Å². The van der Waals surface area contributed by atoms with Crippen molar-refractivity contribution in [2.75, 3.05) is 0 Å². The van der Waals surface area contributed by atoms with E-state index in [1.807, 2.05) is 72.9 Å². The van der Waals surface area contributed by atoms with Crippen LogP contribution >= 0.6 is 11.3 Å². The number of pyridine rings is 2. The molecule has 4 nitrogen and oxygen atoms in total. The molecule has 153 valence electrons. The van der Waals surface area contributed by atoms with Crippen molar-refractivity contribution in [1.82, 2.24) is 19.9 Å². The molecule has 0 saturated heterocycles. The minimum Gasteiger partial charge on any atom is -0.434 e. The average Bonchev–Trinajstić information content (AvgIpc) is 3.45. The predicted octanol–water partition coefficient (Wildman–Crippen LogP) is 6.01. The maximum absolute atomic E-state index is 4.41. The normalized spacial score (nSPS) is 10.3. The maximum atomic E-state index is 4.41. The van der Waals surface area contributed by atoms with E-state index in [0.29, 0.717) is 5.82 Å². The second-order valence-electron chi connectivity index (χ2n) is 6.52. The van der Waals surface area contributed by atoms with E-state index < -0.39 is 0 Å². The molecular formula is C25H16IrN4S-2. The Balaban J connectivity index is 0.000000144. The van der Waals surface area contributed by atoms with Crippen molar-refractivity contribution in [3.05, 3.63) is 103 Å². The van der Waals surface area contributed by atoms with Crippen LogP contribution in [0.2, 0.25) is 0 Å². The number of imidazole rings is 1. The quantitative estimate of drug-likeness (QED) is 0.230. The van der Waals surface area contributed by atoms with Crippen molar-refractivity contribution in [2.45, 2.75) is 0 Å². The Morgan fingerprint density at radius 2 is 1.39 bits per heavy atom. The molecule has 6 heteroatoms. The van der Waals surface area contributed by atoms with Gasteiger partial charge in [-0.2, -0.15) is 0 Å². The minimum atomic E-state index is 0. The summed E-state index contributed by atoms with van der Waals surface area (Å²) in [5.41, 5.74) is 3.64. The minimum absolute atomic E-state index is 0. The first kappa shape index (κ1) is 21.1. The monoisotopic (exact) mass is 597 g/mol. The molecule has 0 amide bonds. The van der Waals surface area contributed by atoms with Gasteiger partial charge in [-0.05, 0) is 44.6 Å². The Labute approximate surface area is 197 Å². The molecule has 4 aromatic heterocycles. The summed E-state index contributed by atoms with van der Waals surface area (Å²) in [6, 6.07) is 31.1. The van der Waals surface area contributed by atoms with Crippen molar-refractivity contribution < 1.29 is 20.1 Å². The van der Waals surface area contributed by atoms with Crippen LogP contribution in [0.25, 0.3) is 43.2 Å². The van der Waals surface area contributed by atoms with Crippen molar-refractivity contribution >= 4 is 32.5 Å². The van der Waals surface area contributed by atoms with Crippen LogP contribution in [-0.2, 0) is 20.1 Å². The zero-order valence-electron chi connectivity index (χ0n) is 16.3. The summed E-state index contributed by atoms with van der Waals surface area (Å²) in [7, 11) is 0. The number of aromatic nitrogens is 4.